The SMILES string of the molecule is COc1cncc([C@H](N)C2CC2)c1. The molecule has 0 saturated heterocycles. The third kappa shape index (κ3) is 1.80. The number of rotatable bonds is 3. The quantitative estimate of drug-likeness (QED) is 0.763. The van der Waals surface area contributed by atoms with E-state index in [1.54, 1.807) is 13.3 Å². The van der Waals surface area contributed by atoms with Gasteiger partial charge in [-0.15, -0.1) is 0 Å². The highest BCUT2D eigenvalue weighted by atomic mass is 16.5. The van der Waals surface area contributed by atoms with Crippen LogP contribution in [0, 0.1) is 5.92 Å². The zero-order valence-corrected chi connectivity index (χ0v) is 7.73. The zero-order chi connectivity index (χ0) is 9.26. The fraction of sp³-hybridized carbons (Fsp3) is 0.500. The third-order valence-electron chi connectivity index (χ3n) is 2.48. The fourth-order valence-corrected chi connectivity index (χ4v) is 1.46. The zero-order valence-electron chi connectivity index (χ0n) is 7.73. The lowest BCUT2D eigenvalue weighted by Gasteiger charge is -2.10. The monoisotopic (exact) mass is 178 g/mol. The van der Waals surface area contributed by atoms with Crippen molar-refractivity contribution in [3.63, 3.8) is 0 Å². The van der Waals surface area contributed by atoms with Crippen molar-refractivity contribution in [2.45, 2.75) is 18.9 Å². The summed E-state index contributed by atoms with van der Waals surface area (Å²) < 4.78 is 5.09. The molecule has 1 aromatic rings. The molecule has 2 N–H and O–H groups in total. The van der Waals surface area contributed by atoms with Gasteiger partial charge in [0, 0.05) is 12.2 Å². The molecule has 3 nitrogen and oxygen atoms in total. The van der Waals surface area contributed by atoms with E-state index >= 15 is 0 Å². The maximum atomic E-state index is 6.03. The molecule has 1 aliphatic carbocycles. The van der Waals surface area contributed by atoms with E-state index in [9.17, 15) is 0 Å². The van der Waals surface area contributed by atoms with Crippen molar-refractivity contribution in [1.29, 1.82) is 0 Å². The molecule has 0 bridgehead atoms. The summed E-state index contributed by atoms with van der Waals surface area (Å²) in [7, 11) is 1.64. The summed E-state index contributed by atoms with van der Waals surface area (Å²) in [4.78, 5) is 4.08. The molecule has 1 aliphatic rings. The summed E-state index contributed by atoms with van der Waals surface area (Å²) in [6.45, 7) is 0. The highest BCUT2D eigenvalue weighted by Gasteiger charge is 2.29. The Morgan fingerprint density at radius 1 is 1.54 bits per heavy atom. The lowest BCUT2D eigenvalue weighted by atomic mass is 10.1. The van der Waals surface area contributed by atoms with Crippen molar-refractivity contribution in [2.75, 3.05) is 7.11 Å². The number of nitrogens with two attached hydrogens (primary N) is 1. The first-order chi connectivity index (χ1) is 6.31. The average molecular weight is 178 g/mol. The topological polar surface area (TPSA) is 48.1 Å². The molecule has 13 heavy (non-hydrogen) atoms. The minimum absolute atomic E-state index is 0.141. The van der Waals surface area contributed by atoms with E-state index in [1.165, 1.54) is 12.8 Å². The summed E-state index contributed by atoms with van der Waals surface area (Å²) in [6, 6.07) is 2.11. The molecule has 0 aromatic carbocycles. The van der Waals surface area contributed by atoms with Gasteiger partial charge in [-0.3, -0.25) is 4.98 Å². The molecule has 1 saturated carbocycles. The predicted molar refractivity (Wildman–Crippen MR) is 50.4 cm³/mol. The van der Waals surface area contributed by atoms with Crippen molar-refractivity contribution in [1.82, 2.24) is 4.98 Å². The van der Waals surface area contributed by atoms with Gasteiger partial charge < -0.3 is 10.5 Å². The van der Waals surface area contributed by atoms with Gasteiger partial charge in [0.05, 0.1) is 13.3 Å². The number of pyridine rings is 1. The second kappa shape index (κ2) is 3.34. The van der Waals surface area contributed by atoms with E-state index in [1.807, 2.05) is 12.3 Å². The minimum atomic E-state index is 0.141. The Morgan fingerprint density at radius 2 is 2.31 bits per heavy atom. The predicted octanol–water partition coefficient (Wildman–Crippen LogP) is 1.50. The van der Waals surface area contributed by atoms with Crippen molar-refractivity contribution >= 4 is 0 Å². The standard InChI is InChI=1S/C10H14N2O/c1-13-9-4-8(5-12-6-9)10(11)7-2-3-7/h4-7,10H,2-3,11H2,1H3/t10-/m1/s1. The van der Waals surface area contributed by atoms with Crippen molar-refractivity contribution < 1.29 is 4.74 Å². The number of hydrogen-bond donors (Lipinski definition) is 1. The van der Waals surface area contributed by atoms with Crippen molar-refractivity contribution in [2.24, 2.45) is 11.7 Å². The fourth-order valence-electron chi connectivity index (χ4n) is 1.46. The number of methoxy groups -OCH3 is 1. The summed E-state index contributed by atoms with van der Waals surface area (Å²) in [5.41, 5.74) is 7.11. The Hall–Kier alpha value is -1.09. The average Bonchev–Trinajstić information content (AvgIpc) is 3.00. The van der Waals surface area contributed by atoms with Crippen LogP contribution in [0.3, 0.4) is 0 Å². The van der Waals surface area contributed by atoms with Gasteiger partial charge in [0.25, 0.3) is 0 Å². The molecular weight excluding hydrogens is 164 g/mol. The summed E-state index contributed by atoms with van der Waals surface area (Å²) in [6.07, 6.45) is 6.02. The molecule has 0 unspecified atom stereocenters. The van der Waals surface area contributed by atoms with Gasteiger partial charge in [0.2, 0.25) is 0 Å². The molecule has 0 aliphatic heterocycles. The molecule has 1 heterocycles. The van der Waals surface area contributed by atoms with Crippen LogP contribution in [0.4, 0.5) is 0 Å². The molecule has 0 spiro atoms. The van der Waals surface area contributed by atoms with E-state index in [0.29, 0.717) is 5.92 Å². The van der Waals surface area contributed by atoms with Crippen molar-refractivity contribution in [3.8, 4) is 5.75 Å². The second-order valence-corrected chi connectivity index (χ2v) is 3.52. The summed E-state index contributed by atoms with van der Waals surface area (Å²) >= 11 is 0. The van der Waals surface area contributed by atoms with Crippen LogP contribution in [0.1, 0.15) is 24.4 Å². The van der Waals surface area contributed by atoms with Gasteiger partial charge >= 0.3 is 0 Å². The maximum Gasteiger partial charge on any atom is 0.137 e. The smallest absolute Gasteiger partial charge is 0.137 e. The lowest BCUT2D eigenvalue weighted by Crippen LogP contribution is -2.12. The van der Waals surface area contributed by atoms with E-state index in [4.69, 9.17) is 10.5 Å². The molecule has 0 radical (unpaired) electrons. The van der Waals surface area contributed by atoms with E-state index in [-0.39, 0.29) is 6.04 Å². The molecule has 2 rings (SSSR count). The van der Waals surface area contributed by atoms with Gasteiger partial charge in [-0.25, -0.2) is 0 Å². The molecule has 1 atom stereocenters. The Labute approximate surface area is 77.9 Å². The van der Waals surface area contributed by atoms with Gasteiger partial charge in [-0.05, 0) is 30.4 Å². The highest BCUT2D eigenvalue weighted by molar-refractivity contribution is 5.26. The second-order valence-electron chi connectivity index (χ2n) is 3.52. The van der Waals surface area contributed by atoms with Gasteiger partial charge in [-0.2, -0.15) is 0 Å². The first-order valence-electron chi connectivity index (χ1n) is 4.56. The van der Waals surface area contributed by atoms with Crippen LogP contribution in [0.15, 0.2) is 18.5 Å². The number of aromatic nitrogens is 1. The lowest BCUT2D eigenvalue weighted by molar-refractivity contribution is 0.411. The van der Waals surface area contributed by atoms with E-state index in [2.05, 4.69) is 4.98 Å². The summed E-state index contributed by atoms with van der Waals surface area (Å²) in [5, 5.41) is 0. The van der Waals surface area contributed by atoms with Gasteiger partial charge in [-0.1, -0.05) is 0 Å². The minimum Gasteiger partial charge on any atom is -0.495 e. The van der Waals surface area contributed by atoms with Crippen LogP contribution < -0.4 is 10.5 Å². The molecule has 1 aromatic heterocycles. The molecule has 70 valence electrons. The Bertz CT molecular complexity index is 297. The van der Waals surface area contributed by atoms with Crippen LogP contribution in [-0.2, 0) is 0 Å². The Balaban J connectivity index is 2.18. The maximum absolute atomic E-state index is 6.03. The van der Waals surface area contributed by atoms with Crippen LogP contribution in [0.5, 0.6) is 5.75 Å². The number of ether oxygens (including phenoxy) is 1. The molecule has 1 fully saturated rings. The number of nitrogens with zero attached hydrogens (tertiary/aromatic N) is 1. The summed E-state index contributed by atoms with van der Waals surface area (Å²) in [5.74, 6) is 1.45. The van der Waals surface area contributed by atoms with Gasteiger partial charge in [0.1, 0.15) is 5.75 Å². The molecule has 3 heteroatoms. The van der Waals surface area contributed by atoms with Crippen molar-refractivity contribution in [3.05, 3.63) is 24.0 Å². The highest BCUT2D eigenvalue weighted by Crippen LogP contribution is 2.39. The molecular formula is C10H14N2O. The first kappa shape index (κ1) is 8.51. The Morgan fingerprint density at radius 3 is 2.92 bits per heavy atom. The van der Waals surface area contributed by atoms with E-state index in [0.717, 1.165) is 11.3 Å². The van der Waals surface area contributed by atoms with Crippen LogP contribution >= 0.6 is 0 Å². The first-order valence-corrected chi connectivity index (χ1v) is 4.56. The largest absolute Gasteiger partial charge is 0.495 e. The third-order valence-corrected chi connectivity index (χ3v) is 2.48. The van der Waals surface area contributed by atoms with E-state index < -0.39 is 0 Å². The van der Waals surface area contributed by atoms with Crippen LogP contribution in [0.2, 0.25) is 0 Å². The van der Waals surface area contributed by atoms with Gasteiger partial charge in [0.15, 0.2) is 0 Å². The Kier molecular flexibility index (Phi) is 2.19. The number of hydrogen-bond acceptors (Lipinski definition) is 3. The van der Waals surface area contributed by atoms with Crippen LogP contribution in [0.25, 0.3) is 0 Å². The van der Waals surface area contributed by atoms with Crippen LogP contribution in [-0.4, -0.2) is 12.1 Å². The normalized spacial score (nSPS) is 18.3. The molecule has 0 amide bonds.